The van der Waals surface area contributed by atoms with E-state index in [0.29, 0.717) is 5.75 Å². The zero-order chi connectivity index (χ0) is 17.5. The van der Waals surface area contributed by atoms with Crippen LogP contribution in [0.3, 0.4) is 0 Å². The van der Waals surface area contributed by atoms with Gasteiger partial charge >= 0.3 is 0 Å². The number of oxime groups is 1. The normalized spacial score (nSPS) is 16.3. The molecule has 0 saturated heterocycles. The minimum absolute atomic E-state index is 0.0549. The Morgan fingerprint density at radius 1 is 1.24 bits per heavy atom. The summed E-state index contributed by atoms with van der Waals surface area (Å²) >= 11 is 0. The van der Waals surface area contributed by atoms with E-state index in [9.17, 15) is 4.79 Å². The van der Waals surface area contributed by atoms with E-state index in [4.69, 9.17) is 9.57 Å². The van der Waals surface area contributed by atoms with E-state index < -0.39 is 0 Å². The van der Waals surface area contributed by atoms with Gasteiger partial charge in [-0.2, -0.15) is 0 Å². The van der Waals surface area contributed by atoms with Crippen molar-refractivity contribution >= 4 is 12.1 Å². The van der Waals surface area contributed by atoms with Crippen molar-refractivity contribution in [1.82, 2.24) is 5.32 Å². The molecule has 0 heterocycles. The molecule has 0 radical (unpaired) electrons. The SMILES string of the molecule is COc1ccccc1/C=N\OCC(=O)N[C@@H]1CCCc2ccccc21. The van der Waals surface area contributed by atoms with Crippen LogP contribution in [0.1, 0.15) is 35.6 Å². The van der Waals surface area contributed by atoms with E-state index in [1.165, 1.54) is 11.1 Å². The number of hydrogen-bond donors (Lipinski definition) is 1. The number of aryl methyl sites for hydroxylation is 1. The molecule has 3 rings (SSSR count). The summed E-state index contributed by atoms with van der Waals surface area (Å²) in [7, 11) is 1.60. The standard InChI is InChI=1S/C20H22N2O3/c1-24-19-12-5-3-8-16(19)13-21-25-14-20(23)22-18-11-6-9-15-7-2-4-10-17(15)18/h2-5,7-8,10,12-13,18H,6,9,11,14H2,1H3,(H,22,23)/b21-13-/t18-/m1/s1. The first kappa shape index (κ1) is 17.0. The van der Waals surface area contributed by atoms with E-state index in [0.717, 1.165) is 24.8 Å². The second-order valence-electron chi connectivity index (χ2n) is 5.96. The predicted molar refractivity (Wildman–Crippen MR) is 96.8 cm³/mol. The van der Waals surface area contributed by atoms with Crippen LogP contribution in [0, 0.1) is 0 Å². The van der Waals surface area contributed by atoms with Crippen LogP contribution in [0.25, 0.3) is 0 Å². The van der Waals surface area contributed by atoms with Crippen LogP contribution in [-0.2, 0) is 16.1 Å². The van der Waals surface area contributed by atoms with Crippen LogP contribution in [0.5, 0.6) is 5.75 Å². The van der Waals surface area contributed by atoms with Gasteiger partial charge in [-0.15, -0.1) is 0 Å². The average Bonchev–Trinajstić information content (AvgIpc) is 2.66. The maximum Gasteiger partial charge on any atom is 0.261 e. The van der Waals surface area contributed by atoms with Crippen molar-refractivity contribution in [3.63, 3.8) is 0 Å². The molecule has 0 aliphatic heterocycles. The number of nitrogens with zero attached hydrogens (tertiary/aromatic N) is 1. The maximum atomic E-state index is 12.1. The minimum atomic E-state index is -0.168. The molecule has 2 aromatic rings. The number of methoxy groups -OCH3 is 1. The molecule has 5 heteroatoms. The minimum Gasteiger partial charge on any atom is -0.496 e. The number of carbonyl (C=O) groups is 1. The number of para-hydroxylation sites is 1. The van der Waals surface area contributed by atoms with E-state index in [2.05, 4.69) is 22.6 Å². The highest BCUT2D eigenvalue weighted by atomic mass is 16.6. The van der Waals surface area contributed by atoms with Crippen molar-refractivity contribution in [1.29, 1.82) is 0 Å². The molecule has 0 spiro atoms. The number of carbonyl (C=O) groups excluding carboxylic acids is 1. The monoisotopic (exact) mass is 338 g/mol. The molecular weight excluding hydrogens is 316 g/mol. The van der Waals surface area contributed by atoms with Crippen LogP contribution >= 0.6 is 0 Å². The van der Waals surface area contributed by atoms with E-state index in [-0.39, 0.29) is 18.6 Å². The first-order chi connectivity index (χ1) is 12.3. The molecule has 0 saturated carbocycles. The predicted octanol–water partition coefficient (Wildman–Crippen LogP) is 3.24. The largest absolute Gasteiger partial charge is 0.496 e. The highest BCUT2D eigenvalue weighted by Crippen LogP contribution is 2.29. The lowest BCUT2D eigenvalue weighted by Gasteiger charge is -2.26. The number of nitrogens with one attached hydrogen (secondary N) is 1. The lowest BCUT2D eigenvalue weighted by Crippen LogP contribution is -2.33. The maximum absolute atomic E-state index is 12.1. The van der Waals surface area contributed by atoms with E-state index in [1.54, 1.807) is 13.3 Å². The Morgan fingerprint density at radius 2 is 2.04 bits per heavy atom. The van der Waals surface area contributed by atoms with Gasteiger partial charge < -0.3 is 14.9 Å². The molecular formula is C20H22N2O3. The summed E-state index contributed by atoms with van der Waals surface area (Å²) < 4.78 is 5.23. The Kier molecular flexibility index (Phi) is 5.67. The van der Waals surface area contributed by atoms with Crippen molar-refractivity contribution in [2.75, 3.05) is 13.7 Å². The van der Waals surface area contributed by atoms with Crippen molar-refractivity contribution in [3.05, 3.63) is 65.2 Å². The third-order valence-corrected chi connectivity index (χ3v) is 4.31. The summed E-state index contributed by atoms with van der Waals surface area (Å²) in [5.74, 6) is 0.539. The Bertz CT molecular complexity index is 758. The summed E-state index contributed by atoms with van der Waals surface area (Å²) in [6.07, 6.45) is 4.65. The van der Waals surface area contributed by atoms with Gasteiger partial charge in [-0.1, -0.05) is 41.6 Å². The van der Waals surface area contributed by atoms with Gasteiger partial charge in [0.25, 0.3) is 5.91 Å². The Balaban J connectivity index is 1.51. The van der Waals surface area contributed by atoms with Crippen molar-refractivity contribution in [2.24, 2.45) is 5.16 Å². The fourth-order valence-corrected chi connectivity index (χ4v) is 3.10. The van der Waals surface area contributed by atoms with Gasteiger partial charge in [0.1, 0.15) is 5.75 Å². The molecule has 130 valence electrons. The Labute approximate surface area is 147 Å². The zero-order valence-corrected chi connectivity index (χ0v) is 14.3. The number of fused-ring (bicyclic) bond motifs is 1. The second-order valence-corrected chi connectivity index (χ2v) is 5.96. The third kappa shape index (κ3) is 4.38. The smallest absolute Gasteiger partial charge is 0.261 e. The van der Waals surface area contributed by atoms with Crippen LogP contribution in [0.15, 0.2) is 53.7 Å². The summed E-state index contributed by atoms with van der Waals surface area (Å²) in [6, 6.07) is 15.8. The van der Waals surface area contributed by atoms with Crippen LogP contribution in [0.4, 0.5) is 0 Å². The van der Waals surface area contributed by atoms with Gasteiger partial charge in [-0.3, -0.25) is 4.79 Å². The number of benzene rings is 2. The van der Waals surface area contributed by atoms with Crippen molar-refractivity contribution in [3.8, 4) is 5.75 Å². The molecule has 1 aliphatic rings. The summed E-state index contributed by atoms with van der Waals surface area (Å²) in [6.45, 7) is -0.107. The fourth-order valence-electron chi connectivity index (χ4n) is 3.10. The molecule has 0 aromatic heterocycles. The van der Waals surface area contributed by atoms with Crippen LogP contribution < -0.4 is 10.1 Å². The number of hydrogen-bond acceptors (Lipinski definition) is 4. The van der Waals surface area contributed by atoms with Crippen LogP contribution in [-0.4, -0.2) is 25.8 Å². The van der Waals surface area contributed by atoms with E-state index in [1.807, 2.05) is 36.4 Å². The molecule has 2 aromatic carbocycles. The molecule has 0 bridgehead atoms. The molecule has 1 amide bonds. The highest BCUT2D eigenvalue weighted by molar-refractivity contribution is 5.83. The van der Waals surface area contributed by atoms with Gasteiger partial charge in [0, 0.05) is 5.56 Å². The topological polar surface area (TPSA) is 59.9 Å². The highest BCUT2D eigenvalue weighted by Gasteiger charge is 2.21. The molecule has 1 atom stereocenters. The zero-order valence-electron chi connectivity index (χ0n) is 14.3. The Hall–Kier alpha value is -2.82. The van der Waals surface area contributed by atoms with Gasteiger partial charge in [-0.25, -0.2) is 0 Å². The number of ether oxygens (including phenoxy) is 1. The van der Waals surface area contributed by atoms with Gasteiger partial charge in [0.2, 0.25) is 0 Å². The lowest BCUT2D eigenvalue weighted by molar-refractivity contribution is -0.126. The van der Waals surface area contributed by atoms with E-state index >= 15 is 0 Å². The average molecular weight is 338 g/mol. The van der Waals surface area contributed by atoms with Crippen molar-refractivity contribution in [2.45, 2.75) is 25.3 Å². The Morgan fingerprint density at radius 3 is 2.92 bits per heavy atom. The lowest BCUT2D eigenvalue weighted by atomic mass is 9.88. The first-order valence-electron chi connectivity index (χ1n) is 8.43. The fraction of sp³-hybridized carbons (Fsp3) is 0.300. The molecule has 1 N–H and O–H groups in total. The second kappa shape index (κ2) is 8.33. The quantitative estimate of drug-likeness (QED) is 0.650. The summed E-state index contributed by atoms with van der Waals surface area (Å²) in [4.78, 5) is 17.3. The van der Waals surface area contributed by atoms with Gasteiger partial charge in [0.15, 0.2) is 6.61 Å². The molecule has 0 fully saturated rings. The third-order valence-electron chi connectivity index (χ3n) is 4.31. The van der Waals surface area contributed by atoms with Gasteiger partial charge in [-0.05, 0) is 42.5 Å². The number of rotatable bonds is 6. The summed E-state index contributed by atoms with van der Waals surface area (Å²) in [5, 5.41) is 6.90. The summed E-state index contributed by atoms with van der Waals surface area (Å²) in [5.41, 5.74) is 3.32. The molecule has 25 heavy (non-hydrogen) atoms. The first-order valence-corrected chi connectivity index (χ1v) is 8.43. The molecule has 5 nitrogen and oxygen atoms in total. The molecule has 0 unspecified atom stereocenters. The van der Waals surface area contributed by atoms with Crippen molar-refractivity contribution < 1.29 is 14.4 Å². The number of amides is 1. The molecule has 1 aliphatic carbocycles. The van der Waals surface area contributed by atoms with Gasteiger partial charge in [0.05, 0.1) is 19.4 Å². The van der Waals surface area contributed by atoms with Crippen LogP contribution in [0.2, 0.25) is 0 Å².